The molecule has 1 aromatic heterocycles. The predicted molar refractivity (Wildman–Crippen MR) is 75.6 cm³/mol. The molecule has 0 bridgehead atoms. The van der Waals surface area contributed by atoms with E-state index in [1.165, 1.54) is 6.07 Å². The number of aromatic carboxylic acids is 1. The van der Waals surface area contributed by atoms with Crippen LogP contribution >= 0.6 is 0 Å². The van der Waals surface area contributed by atoms with E-state index in [2.05, 4.69) is 15.5 Å². The van der Waals surface area contributed by atoms with Crippen molar-refractivity contribution >= 4 is 11.9 Å². The van der Waals surface area contributed by atoms with E-state index in [0.717, 1.165) is 18.2 Å². The van der Waals surface area contributed by atoms with Gasteiger partial charge in [0.1, 0.15) is 5.69 Å². The summed E-state index contributed by atoms with van der Waals surface area (Å²) in [6, 6.07) is 5.79. The number of halogens is 3. The van der Waals surface area contributed by atoms with E-state index in [1.54, 1.807) is 6.07 Å². The number of carbonyl (C=O) groups is 2. The number of nitrogens with zero attached hydrogens (tertiary/aromatic N) is 1. The zero-order chi connectivity index (χ0) is 17.5. The van der Waals surface area contributed by atoms with Gasteiger partial charge in [-0.25, -0.2) is 4.79 Å². The molecule has 126 valence electrons. The molecule has 1 amide bonds. The third-order valence-electron chi connectivity index (χ3n) is 3.79. The highest BCUT2D eigenvalue weighted by Gasteiger charge is 2.41. The predicted octanol–water partition coefficient (Wildman–Crippen LogP) is 2.41. The van der Waals surface area contributed by atoms with Crippen molar-refractivity contribution in [3.8, 4) is 0 Å². The van der Waals surface area contributed by atoms with Gasteiger partial charge in [0.05, 0.1) is 5.56 Å². The average Bonchev–Trinajstić information content (AvgIpc) is 3.09. The second kappa shape index (κ2) is 5.66. The quantitative estimate of drug-likeness (QED) is 0.797. The fraction of sp³-hybridized carbons (Fsp3) is 0.267. The van der Waals surface area contributed by atoms with Gasteiger partial charge in [-0.05, 0) is 18.1 Å². The number of hydrogen-bond donors (Lipinski definition) is 3. The summed E-state index contributed by atoms with van der Waals surface area (Å²) < 4.78 is 38.2. The van der Waals surface area contributed by atoms with E-state index in [1.807, 2.05) is 0 Å². The first kappa shape index (κ1) is 16.0. The van der Waals surface area contributed by atoms with Crippen LogP contribution in [-0.4, -0.2) is 33.2 Å². The number of aromatic nitrogens is 2. The minimum atomic E-state index is -4.41. The van der Waals surface area contributed by atoms with Crippen LogP contribution in [0.5, 0.6) is 0 Å². The summed E-state index contributed by atoms with van der Waals surface area (Å²) in [5.74, 6) is -2.01. The highest BCUT2D eigenvalue weighted by molar-refractivity contribution is 5.95. The fourth-order valence-electron chi connectivity index (χ4n) is 2.46. The summed E-state index contributed by atoms with van der Waals surface area (Å²) in [7, 11) is 0. The van der Waals surface area contributed by atoms with E-state index >= 15 is 0 Å². The van der Waals surface area contributed by atoms with Crippen LogP contribution in [-0.2, 0) is 6.18 Å². The largest absolute Gasteiger partial charge is 0.477 e. The van der Waals surface area contributed by atoms with Gasteiger partial charge in [-0.1, -0.05) is 18.2 Å². The fourth-order valence-corrected chi connectivity index (χ4v) is 2.46. The number of benzene rings is 1. The van der Waals surface area contributed by atoms with Crippen LogP contribution in [0.1, 0.15) is 44.4 Å². The number of H-pyrrole nitrogens is 1. The molecule has 0 saturated heterocycles. The number of carboxylic acid groups (broad SMARTS) is 1. The lowest BCUT2D eigenvalue weighted by molar-refractivity contribution is -0.137. The van der Waals surface area contributed by atoms with E-state index < -0.39 is 23.6 Å². The monoisotopic (exact) mass is 339 g/mol. The van der Waals surface area contributed by atoms with Gasteiger partial charge in [0.15, 0.2) is 5.69 Å². The first-order valence-electron chi connectivity index (χ1n) is 7.02. The Balaban J connectivity index is 1.65. The van der Waals surface area contributed by atoms with Crippen LogP contribution in [0.2, 0.25) is 0 Å². The molecule has 1 fully saturated rings. The molecular formula is C15H12F3N3O3. The minimum absolute atomic E-state index is 0.0814. The average molecular weight is 339 g/mol. The van der Waals surface area contributed by atoms with E-state index in [9.17, 15) is 22.8 Å². The Morgan fingerprint density at radius 2 is 2.04 bits per heavy atom. The third-order valence-corrected chi connectivity index (χ3v) is 3.79. The van der Waals surface area contributed by atoms with Crippen molar-refractivity contribution < 1.29 is 27.9 Å². The number of carboxylic acids is 1. The maximum absolute atomic E-state index is 12.7. The first-order chi connectivity index (χ1) is 11.3. The number of aromatic amines is 1. The second-order valence-corrected chi connectivity index (χ2v) is 5.52. The molecule has 1 aliphatic rings. The molecule has 1 aliphatic carbocycles. The van der Waals surface area contributed by atoms with E-state index in [4.69, 9.17) is 5.11 Å². The van der Waals surface area contributed by atoms with Gasteiger partial charge in [0.2, 0.25) is 0 Å². The zero-order valence-corrected chi connectivity index (χ0v) is 12.1. The van der Waals surface area contributed by atoms with Crippen molar-refractivity contribution in [3.05, 3.63) is 52.8 Å². The Morgan fingerprint density at radius 1 is 1.29 bits per heavy atom. The van der Waals surface area contributed by atoms with Gasteiger partial charge in [0.25, 0.3) is 5.91 Å². The van der Waals surface area contributed by atoms with Gasteiger partial charge < -0.3 is 10.4 Å². The number of nitrogens with one attached hydrogen (secondary N) is 2. The second-order valence-electron chi connectivity index (χ2n) is 5.52. The van der Waals surface area contributed by atoms with Crippen LogP contribution in [0, 0.1) is 0 Å². The van der Waals surface area contributed by atoms with Gasteiger partial charge in [-0.2, -0.15) is 18.3 Å². The Morgan fingerprint density at radius 3 is 2.67 bits per heavy atom. The van der Waals surface area contributed by atoms with Gasteiger partial charge in [-0.3, -0.25) is 9.89 Å². The van der Waals surface area contributed by atoms with Gasteiger partial charge in [-0.15, -0.1) is 0 Å². The summed E-state index contributed by atoms with van der Waals surface area (Å²) in [5, 5.41) is 17.2. The molecule has 0 unspecified atom stereocenters. The number of hydrogen-bond acceptors (Lipinski definition) is 3. The smallest absolute Gasteiger partial charge is 0.416 e. The molecule has 3 N–H and O–H groups in total. The number of rotatable bonds is 4. The summed E-state index contributed by atoms with van der Waals surface area (Å²) in [4.78, 5) is 22.7. The van der Waals surface area contributed by atoms with Crippen molar-refractivity contribution in [3.63, 3.8) is 0 Å². The SMILES string of the molecule is O=C(N[C@@H]1C[C@H]1c1cccc(C(F)(F)F)c1)c1cc(C(=O)O)[nH]n1. The summed E-state index contributed by atoms with van der Waals surface area (Å²) in [6.07, 6.45) is -3.89. The molecule has 6 nitrogen and oxygen atoms in total. The molecule has 1 saturated carbocycles. The van der Waals surface area contributed by atoms with Crippen LogP contribution in [0.4, 0.5) is 13.2 Å². The Labute approximate surface area is 133 Å². The van der Waals surface area contributed by atoms with Gasteiger partial charge >= 0.3 is 12.1 Å². The van der Waals surface area contributed by atoms with E-state index in [-0.39, 0.29) is 23.3 Å². The standard InChI is InChI=1S/C15H12F3N3O3/c16-15(17,18)8-3-1-2-7(4-8)9-5-10(9)19-13(22)11-6-12(14(23)24)21-20-11/h1-4,6,9-10H,5H2,(H,19,22)(H,20,21)(H,23,24)/t9-,10+/m0/s1. The third kappa shape index (κ3) is 3.24. The molecular weight excluding hydrogens is 327 g/mol. The molecule has 2 atom stereocenters. The number of alkyl halides is 3. The van der Waals surface area contributed by atoms with Crippen molar-refractivity contribution in [2.75, 3.05) is 0 Å². The van der Waals surface area contributed by atoms with E-state index in [0.29, 0.717) is 12.0 Å². The molecule has 9 heteroatoms. The Hall–Kier alpha value is -2.84. The highest BCUT2D eigenvalue weighted by atomic mass is 19.4. The molecule has 1 heterocycles. The molecule has 0 spiro atoms. The minimum Gasteiger partial charge on any atom is -0.477 e. The molecule has 24 heavy (non-hydrogen) atoms. The number of amides is 1. The molecule has 0 aliphatic heterocycles. The lowest BCUT2D eigenvalue weighted by atomic mass is 10.1. The zero-order valence-electron chi connectivity index (χ0n) is 12.1. The summed E-state index contributed by atoms with van der Waals surface area (Å²) in [5.41, 5.74) is -0.522. The maximum atomic E-state index is 12.7. The molecule has 2 aromatic rings. The van der Waals surface area contributed by atoms with Crippen LogP contribution in [0.15, 0.2) is 30.3 Å². The van der Waals surface area contributed by atoms with Crippen LogP contribution in [0.25, 0.3) is 0 Å². The Bertz CT molecular complexity index is 801. The number of carbonyl (C=O) groups excluding carboxylic acids is 1. The lowest BCUT2D eigenvalue weighted by Crippen LogP contribution is -2.26. The summed E-state index contributed by atoms with van der Waals surface area (Å²) in [6.45, 7) is 0. The first-order valence-corrected chi connectivity index (χ1v) is 7.02. The summed E-state index contributed by atoms with van der Waals surface area (Å²) >= 11 is 0. The topological polar surface area (TPSA) is 95.1 Å². The molecule has 0 radical (unpaired) electrons. The molecule has 1 aromatic carbocycles. The van der Waals surface area contributed by atoms with Crippen LogP contribution < -0.4 is 5.32 Å². The lowest BCUT2D eigenvalue weighted by Gasteiger charge is -2.08. The highest BCUT2D eigenvalue weighted by Crippen LogP contribution is 2.42. The molecule has 3 rings (SSSR count). The van der Waals surface area contributed by atoms with Crippen molar-refractivity contribution in [1.82, 2.24) is 15.5 Å². The maximum Gasteiger partial charge on any atom is 0.416 e. The van der Waals surface area contributed by atoms with Crippen molar-refractivity contribution in [2.24, 2.45) is 0 Å². The van der Waals surface area contributed by atoms with Crippen LogP contribution in [0.3, 0.4) is 0 Å². The van der Waals surface area contributed by atoms with Crippen molar-refractivity contribution in [1.29, 1.82) is 0 Å². The Kier molecular flexibility index (Phi) is 3.78. The van der Waals surface area contributed by atoms with Gasteiger partial charge in [0, 0.05) is 18.0 Å². The normalized spacial score (nSPS) is 19.8. The van der Waals surface area contributed by atoms with Crippen molar-refractivity contribution in [2.45, 2.75) is 24.6 Å².